The van der Waals surface area contributed by atoms with Crippen LogP contribution >= 0.6 is 0 Å². The van der Waals surface area contributed by atoms with Crippen molar-refractivity contribution in [3.63, 3.8) is 0 Å². The van der Waals surface area contributed by atoms with Crippen LogP contribution in [0.5, 0.6) is 11.5 Å². The molecule has 0 spiro atoms. The van der Waals surface area contributed by atoms with Crippen molar-refractivity contribution in [1.29, 1.82) is 0 Å². The zero-order valence-electron chi connectivity index (χ0n) is 14.7. The molecule has 0 bridgehead atoms. The maximum absolute atomic E-state index is 5.47. The number of furan rings is 1. The van der Waals surface area contributed by atoms with Gasteiger partial charge in [-0.15, -0.1) is 0 Å². The van der Waals surface area contributed by atoms with Crippen LogP contribution in [0.1, 0.15) is 18.2 Å². The maximum atomic E-state index is 5.47. The van der Waals surface area contributed by atoms with Gasteiger partial charge in [0.25, 0.3) is 0 Å². The number of guanidine groups is 1. The highest BCUT2D eigenvalue weighted by molar-refractivity contribution is 5.79. The molecule has 2 rings (SSSR count). The Kier molecular flexibility index (Phi) is 6.54. The molecule has 0 aliphatic heterocycles. The van der Waals surface area contributed by atoms with Gasteiger partial charge in [-0.05, 0) is 31.2 Å². The van der Waals surface area contributed by atoms with Crippen LogP contribution in [0.15, 0.2) is 46.0 Å². The molecule has 24 heavy (non-hydrogen) atoms. The predicted octanol–water partition coefficient (Wildman–Crippen LogP) is 2.89. The van der Waals surface area contributed by atoms with Crippen molar-refractivity contribution >= 4 is 5.96 Å². The Morgan fingerprint density at radius 3 is 2.71 bits per heavy atom. The van der Waals surface area contributed by atoms with Crippen molar-refractivity contribution in [3.8, 4) is 11.5 Å². The lowest BCUT2D eigenvalue weighted by Gasteiger charge is -2.23. The van der Waals surface area contributed by atoms with E-state index in [0.717, 1.165) is 35.3 Å². The van der Waals surface area contributed by atoms with Crippen molar-refractivity contribution in [3.05, 3.63) is 47.9 Å². The summed E-state index contributed by atoms with van der Waals surface area (Å²) in [7, 11) is 5.30. The molecule has 6 heteroatoms. The van der Waals surface area contributed by atoms with E-state index in [0.29, 0.717) is 13.1 Å². The van der Waals surface area contributed by atoms with Crippen LogP contribution in [0.2, 0.25) is 0 Å². The third kappa shape index (κ3) is 4.68. The number of methoxy groups -OCH3 is 2. The summed E-state index contributed by atoms with van der Waals surface area (Å²) in [5.74, 6) is 3.22. The summed E-state index contributed by atoms with van der Waals surface area (Å²) in [6, 6.07) is 9.60. The average molecular weight is 331 g/mol. The van der Waals surface area contributed by atoms with Crippen LogP contribution in [0.25, 0.3) is 0 Å². The van der Waals surface area contributed by atoms with E-state index in [1.807, 2.05) is 44.3 Å². The van der Waals surface area contributed by atoms with Crippen LogP contribution in [-0.2, 0) is 13.1 Å². The van der Waals surface area contributed by atoms with Gasteiger partial charge in [0, 0.05) is 31.8 Å². The highest BCUT2D eigenvalue weighted by Gasteiger charge is 2.11. The van der Waals surface area contributed by atoms with Crippen molar-refractivity contribution in [2.45, 2.75) is 20.0 Å². The summed E-state index contributed by atoms with van der Waals surface area (Å²) in [6.07, 6.45) is 1.66. The number of hydrogen-bond acceptors (Lipinski definition) is 4. The first-order chi connectivity index (χ1) is 11.7. The molecular weight excluding hydrogens is 306 g/mol. The largest absolute Gasteiger partial charge is 0.497 e. The Morgan fingerprint density at radius 2 is 2.08 bits per heavy atom. The highest BCUT2D eigenvalue weighted by atomic mass is 16.5. The minimum absolute atomic E-state index is 0.499. The number of ether oxygens (including phenoxy) is 2. The van der Waals surface area contributed by atoms with Gasteiger partial charge in [0.05, 0.1) is 20.5 Å². The number of nitrogens with one attached hydrogen (secondary N) is 1. The van der Waals surface area contributed by atoms with Crippen molar-refractivity contribution in [2.24, 2.45) is 4.99 Å². The van der Waals surface area contributed by atoms with Crippen LogP contribution in [0, 0.1) is 0 Å². The second-order valence-corrected chi connectivity index (χ2v) is 5.28. The fourth-order valence-electron chi connectivity index (χ4n) is 2.34. The number of benzene rings is 1. The van der Waals surface area contributed by atoms with E-state index >= 15 is 0 Å². The van der Waals surface area contributed by atoms with Gasteiger partial charge in [-0.1, -0.05) is 0 Å². The molecule has 1 aromatic carbocycles. The first kappa shape index (κ1) is 17.7. The third-order valence-corrected chi connectivity index (χ3v) is 3.56. The van der Waals surface area contributed by atoms with Gasteiger partial charge in [0.1, 0.15) is 23.8 Å². The minimum atomic E-state index is 0.499. The Bertz CT molecular complexity index is 654. The van der Waals surface area contributed by atoms with E-state index < -0.39 is 0 Å². The van der Waals surface area contributed by atoms with Gasteiger partial charge in [0.2, 0.25) is 0 Å². The average Bonchev–Trinajstić information content (AvgIpc) is 3.12. The number of rotatable bonds is 7. The third-order valence-electron chi connectivity index (χ3n) is 3.56. The summed E-state index contributed by atoms with van der Waals surface area (Å²) >= 11 is 0. The Labute approximate surface area is 143 Å². The zero-order chi connectivity index (χ0) is 17.4. The molecule has 0 fully saturated rings. The summed E-state index contributed by atoms with van der Waals surface area (Å²) in [6.45, 7) is 4.00. The molecule has 0 aliphatic carbocycles. The van der Waals surface area contributed by atoms with E-state index in [1.165, 1.54) is 0 Å². The number of aliphatic imine (C=N–C) groups is 1. The van der Waals surface area contributed by atoms with Gasteiger partial charge >= 0.3 is 0 Å². The number of nitrogens with zero attached hydrogens (tertiary/aromatic N) is 2. The quantitative estimate of drug-likeness (QED) is 0.624. The van der Waals surface area contributed by atoms with Gasteiger partial charge in [-0.2, -0.15) is 0 Å². The zero-order valence-corrected chi connectivity index (χ0v) is 14.7. The fourth-order valence-corrected chi connectivity index (χ4v) is 2.34. The first-order valence-electron chi connectivity index (χ1n) is 7.90. The van der Waals surface area contributed by atoms with Crippen molar-refractivity contribution < 1.29 is 13.9 Å². The normalized spacial score (nSPS) is 11.2. The lowest BCUT2D eigenvalue weighted by Crippen LogP contribution is -2.38. The van der Waals surface area contributed by atoms with E-state index in [1.54, 1.807) is 20.5 Å². The second-order valence-electron chi connectivity index (χ2n) is 5.28. The highest BCUT2D eigenvalue weighted by Crippen LogP contribution is 2.25. The summed E-state index contributed by atoms with van der Waals surface area (Å²) in [5, 5.41) is 3.29. The summed E-state index contributed by atoms with van der Waals surface area (Å²) in [5.41, 5.74) is 1.06. The van der Waals surface area contributed by atoms with E-state index in [9.17, 15) is 0 Å². The molecule has 0 amide bonds. The van der Waals surface area contributed by atoms with Crippen molar-refractivity contribution in [2.75, 3.05) is 27.8 Å². The van der Waals surface area contributed by atoms with E-state index in [2.05, 4.69) is 15.2 Å². The van der Waals surface area contributed by atoms with E-state index in [-0.39, 0.29) is 0 Å². The molecular formula is C18H25N3O3. The monoisotopic (exact) mass is 331 g/mol. The smallest absolute Gasteiger partial charge is 0.194 e. The molecule has 0 unspecified atom stereocenters. The fraction of sp³-hybridized carbons (Fsp3) is 0.389. The molecule has 130 valence electrons. The molecule has 1 aromatic heterocycles. The SMILES string of the molecule is CCNC(=NCc1ccco1)N(C)Cc1ccc(OC)cc1OC. The van der Waals surface area contributed by atoms with Crippen molar-refractivity contribution in [1.82, 2.24) is 10.2 Å². The van der Waals surface area contributed by atoms with Crippen LogP contribution in [-0.4, -0.2) is 38.7 Å². The summed E-state index contributed by atoms with van der Waals surface area (Å²) in [4.78, 5) is 6.67. The molecule has 0 saturated carbocycles. The molecule has 0 atom stereocenters. The molecule has 0 radical (unpaired) electrons. The molecule has 1 heterocycles. The number of hydrogen-bond donors (Lipinski definition) is 1. The molecule has 2 aromatic rings. The van der Waals surface area contributed by atoms with Crippen LogP contribution in [0.4, 0.5) is 0 Å². The standard InChI is InChI=1S/C18H25N3O3/c1-5-19-18(20-12-16-7-6-10-24-16)21(2)13-14-8-9-15(22-3)11-17(14)23-4/h6-11H,5,12-13H2,1-4H3,(H,19,20). The predicted molar refractivity (Wildman–Crippen MR) is 94.5 cm³/mol. The first-order valence-corrected chi connectivity index (χ1v) is 7.90. The maximum Gasteiger partial charge on any atom is 0.194 e. The molecule has 1 N–H and O–H groups in total. The van der Waals surface area contributed by atoms with Gasteiger partial charge < -0.3 is 24.1 Å². The second kappa shape index (κ2) is 8.86. The van der Waals surface area contributed by atoms with E-state index in [4.69, 9.17) is 13.9 Å². The minimum Gasteiger partial charge on any atom is -0.497 e. The lowest BCUT2D eigenvalue weighted by molar-refractivity contribution is 0.382. The van der Waals surface area contributed by atoms with Crippen LogP contribution < -0.4 is 14.8 Å². The summed E-state index contributed by atoms with van der Waals surface area (Å²) < 4.78 is 16.0. The topological polar surface area (TPSA) is 59.2 Å². The van der Waals surface area contributed by atoms with Gasteiger partial charge in [0.15, 0.2) is 5.96 Å². The Morgan fingerprint density at radius 1 is 1.25 bits per heavy atom. The molecule has 0 aliphatic rings. The lowest BCUT2D eigenvalue weighted by atomic mass is 10.2. The Hall–Kier alpha value is -2.63. The Balaban J connectivity index is 2.12. The molecule has 6 nitrogen and oxygen atoms in total. The van der Waals surface area contributed by atoms with Gasteiger partial charge in [-0.25, -0.2) is 4.99 Å². The molecule has 0 saturated heterocycles. The van der Waals surface area contributed by atoms with Gasteiger partial charge in [-0.3, -0.25) is 0 Å². The van der Waals surface area contributed by atoms with Crippen LogP contribution in [0.3, 0.4) is 0 Å².